The molecule has 0 aliphatic heterocycles. The van der Waals surface area contributed by atoms with Gasteiger partial charge in [0.2, 0.25) is 0 Å². The molecule has 0 aromatic heterocycles. The summed E-state index contributed by atoms with van der Waals surface area (Å²) < 4.78 is 22.9. The van der Waals surface area contributed by atoms with Gasteiger partial charge in [-0.25, -0.2) is 4.79 Å². The van der Waals surface area contributed by atoms with Crippen LogP contribution >= 0.6 is 0 Å². The monoisotopic (exact) mass is 977 g/mol. The van der Waals surface area contributed by atoms with E-state index in [9.17, 15) is 19.5 Å². The predicted octanol–water partition coefficient (Wildman–Crippen LogP) is 17.1. The lowest BCUT2D eigenvalue weighted by Crippen LogP contribution is -2.40. The summed E-state index contributed by atoms with van der Waals surface area (Å²) in [4.78, 5) is 37.4. The summed E-state index contributed by atoms with van der Waals surface area (Å²) >= 11 is 0. The first-order chi connectivity index (χ1) is 33.6. The highest BCUT2D eigenvalue weighted by Crippen LogP contribution is 2.17. The average Bonchev–Trinajstić information content (AvgIpc) is 3.31. The van der Waals surface area contributed by atoms with Gasteiger partial charge in [-0.15, -0.1) is 0 Å². The minimum atomic E-state index is -1.51. The Labute approximate surface area is 427 Å². The lowest BCUT2D eigenvalue weighted by Gasteiger charge is -2.25. The van der Waals surface area contributed by atoms with E-state index >= 15 is 0 Å². The number of nitrogens with zero attached hydrogens (tertiary/aromatic N) is 1. The molecule has 0 aliphatic carbocycles. The second kappa shape index (κ2) is 52.1. The number of ether oxygens (including phenoxy) is 4. The number of carbonyl (C=O) groups excluding carboxylic acids is 2. The van der Waals surface area contributed by atoms with Crippen LogP contribution in [0.1, 0.15) is 284 Å². The number of hydrogen-bond acceptors (Lipinski definition) is 7. The van der Waals surface area contributed by atoms with E-state index in [1.807, 2.05) is 21.1 Å². The van der Waals surface area contributed by atoms with Crippen LogP contribution in [0.2, 0.25) is 0 Å². The van der Waals surface area contributed by atoms with Gasteiger partial charge in [0.15, 0.2) is 6.10 Å². The summed E-state index contributed by atoms with van der Waals surface area (Å²) in [7, 11) is 5.98. The molecule has 0 radical (unpaired) electrons. The van der Waals surface area contributed by atoms with E-state index in [0.717, 1.165) is 51.4 Å². The summed E-state index contributed by atoms with van der Waals surface area (Å²) in [6, 6.07) is 0. The van der Waals surface area contributed by atoms with Crippen LogP contribution in [0.25, 0.3) is 0 Å². The number of aliphatic carboxylic acids is 1. The molecule has 0 heterocycles. The quantitative estimate of drug-likeness (QED) is 0.0211. The van der Waals surface area contributed by atoms with Gasteiger partial charge in [0.05, 0.1) is 34.4 Å². The van der Waals surface area contributed by atoms with Crippen LogP contribution in [-0.4, -0.2) is 87.4 Å². The Morgan fingerprint density at radius 2 is 0.783 bits per heavy atom. The van der Waals surface area contributed by atoms with E-state index in [0.29, 0.717) is 17.4 Å². The van der Waals surface area contributed by atoms with Crippen LogP contribution in [0.15, 0.2) is 24.3 Å². The highest BCUT2D eigenvalue weighted by atomic mass is 16.7. The van der Waals surface area contributed by atoms with Crippen molar-refractivity contribution in [1.29, 1.82) is 0 Å². The molecule has 0 rings (SSSR count). The third-order valence-corrected chi connectivity index (χ3v) is 13.2. The normalized spacial score (nSPS) is 12.9. The Morgan fingerprint density at radius 3 is 1.14 bits per heavy atom. The maximum Gasteiger partial charge on any atom is 0.361 e. The highest BCUT2D eigenvalue weighted by Gasteiger charge is 2.25. The van der Waals surface area contributed by atoms with Crippen molar-refractivity contribution in [2.75, 3.05) is 47.5 Å². The highest BCUT2D eigenvalue weighted by molar-refractivity contribution is 5.71. The lowest BCUT2D eigenvalue weighted by molar-refractivity contribution is -0.870. The first-order valence-electron chi connectivity index (χ1n) is 29.5. The molecule has 0 spiro atoms. The largest absolute Gasteiger partial charge is 0.477 e. The Hall–Kier alpha value is -2.23. The van der Waals surface area contributed by atoms with Crippen molar-refractivity contribution in [2.45, 2.75) is 296 Å². The third-order valence-electron chi connectivity index (χ3n) is 13.2. The number of carboxylic acid groups (broad SMARTS) is 1. The summed E-state index contributed by atoms with van der Waals surface area (Å²) in [5.74, 6) is -1.99. The molecule has 0 bridgehead atoms. The fourth-order valence-electron chi connectivity index (χ4n) is 8.63. The van der Waals surface area contributed by atoms with Gasteiger partial charge in [0.1, 0.15) is 13.2 Å². The Bertz CT molecular complexity index is 1180. The molecule has 0 saturated carbocycles. The number of carbonyl (C=O) groups is 3. The van der Waals surface area contributed by atoms with Crippen LogP contribution in [-0.2, 0) is 33.3 Å². The van der Waals surface area contributed by atoms with E-state index in [-0.39, 0.29) is 32.2 Å². The second-order valence-electron chi connectivity index (χ2n) is 21.3. The first kappa shape index (κ1) is 66.8. The summed E-state index contributed by atoms with van der Waals surface area (Å²) in [6.45, 7) is 4.91. The fraction of sp³-hybridized carbons (Fsp3) is 0.883. The average molecular weight is 978 g/mol. The molecular formula is C60H114NO8+. The van der Waals surface area contributed by atoms with Crippen LogP contribution in [0.4, 0.5) is 0 Å². The number of allylic oxidation sites excluding steroid dienone is 4. The zero-order valence-electron chi connectivity index (χ0n) is 46.2. The van der Waals surface area contributed by atoms with E-state index in [4.69, 9.17) is 18.9 Å². The van der Waals surface area contributed by atoms with Crippen LogP contribution < -0.4 is 0 Å². The predicted molar refractivity (Wildman–Crippen MR) is 291 cm³/mol. The molecule has 0 fully saturated rings. The second-order valence-corrected chi connectivity index (χ2v) is 21.3. The molecule has 9 nitrogen and oxygen atoms in total. The van der Waals surface area contributed by atoms with Crippen LogP contribution in [0, 0.1) is 0 Å². The number of quaternary nitrogens is 1. The van der Waals surface area contributed by atoms with Gasteiger partial charge in [-0.05, 0) is 44.9 Å². The molecule has 1 N–H and O–H groups in total. The Morgan fingerprint density at radius 1 is 0.435 bits per heavy atom. The molecule has 0 saturated heterocycles. The Kier molecular flexibility index (Phi) is 50.4. The SMILES string of the molecule is CCCCCCC/C=C\C/C=C\CCCCCCCCCCCC(=O)OC(COC(=O)CCCCCCCCCCCCCCCCCCCCCCCCC)COC(OCC[N+](C)(C)C)C(=O)O. The summed E-state index contributed by atoms with van der Waals surface area (Å²) in [6.07, 6.45) is 58.2. The van der Waals surface area contributed by atoms with Gasteiger partial charge < -0.3 is 28.5 Å². The van der Waals surface area contributed by atoms with E-state index < -0.39 is 24.3 Å². The van der Waals surface area contributed by atoms with Crippen molar-refractivity contribution < 1.29 is 42.9 Å². The van der Waals surface area contributed by atoms with Gasteiger partial charge in [0, 0.05) is 12.8 Å². The van der Waals surface area contributed by atoms with Gasteiger partial charge in [0.25, 0.3) is 6.29 Å². The van der Waals surface area contributed by atoms with Crippen molar-refractivity contribution in [3.63, 3.8) is 0 Å². The van der Waals surface area contributed by atoms with Crippen molar-refractivity contribution in [3.05, 3.63) is 24.3 Å². The van der Waals surface area contributed by atoms with Gasteiger partial charge in [-0.2, -0.15) is 0 Å². The maximum absolute atomic E-state index is 12.9. The van der Waals surface area contributed by atoms with Crippen molar-refractivity contribution in [2.24, 2.45) is 0 Å². The standard InChI is InChI=1S/C60H113NO8/c1-6-8-10-12-14-16-18-20-22-24-26-28-29-31-32-34-36-38-40-42-44-46-48-50-57(62)67-54-56(55-68-60(59(64)65)66-53-52-61(3,4)5)69-58(63)51-49-47-45-43-41-39-37-35-33-30-27-25-23-21-19-17-15-13-11-9-7-2/h19,21,25,27,56,60H,6-18,20,22-24,26,28-55H2,1-5H3/p+1/b21-19-,27-25-. The van der Waals surface area contributed by atoms with Crippen molar-refractivity contribution in [3.8, 4) is 0 Å². The molecule has 0 amide bonds. The number of hydrogen-bond donors (Lipinski definition) is 1. The van der Waals surface area contributed by atoms with E-state index in [1.54, 1.807) is 0 Å². The van der Waals surface area contributed by atoms with Gasteiger partial charge in [-0.1, -0.05) is 250 Å². The van der Waals surface area contributed by atoms with Crippen LogP contribution in [0.3, 0.4) is 0 Å². The molecular weight excluding hydrogens is 863 g/mol. The van der Waals surface area contributed by atoms with Crippen molar-refractivity contribution >= 4 is 17.9 Å². The van der Waals surface area contributed by atoms with Crippen molar-refractivity contribution in [1.82, 2.24) is 0 Å². The Balaban J connectivity index is 4.21. The van der Waals surface area contributed by atoms with Gasteiger partial charge in [-0.3, -0.25) is 9.59 Å². The molecule has 9 heteroatoms. The molecule has 0 aliphatic rings. The first-order valence-corrected chi connectivity index (χ1v) is 29.5. The minimum Gasteiger partial charge on any atom is -0.477 e. The van der Waals surface area contributed by atoms with Gasteiger partial charge >= 0.3 is 17.9 Å². The molecule has 2 unspecified atom stereocenters. The number of unbranched alkanes of at least 4 members (excludes halogenated alkanes) is 36. The molecule has 0 aromatic rings. The molecule has 0 aromatic carbocycles. The maximum atomic E-state index is 12.9. The zero-order chi connectivity index (χ0) is 50.6. The topological polar surface area (TPSA) is 108 Å². The third kappa shape index (κ3) is 53.4. The smallest absolute Gasteiger partial charge is 0.361 e. The molecule has 69 heavy (non-hydrogen) atoms. The minimum absolute atomic E-state index is 0.178. The number of likely N-dealkylation sites (N-methyl/N-ethyl adjacent to an activating group) is 1. The molecule has 406 valence electrons. The summed E-state index contributed by atoms with van der Waals surface area (Å²) in [5.41, 5.74) is 0. The molecule has 2 atom stereocenters. The number of rotatable bonds is 55. The van der Waals surface area contributed by atoms with E-state index in [2.05, 4.69) is 38.2 Å². The number of esters is 2. The fourth-order valence-corrected chi connectivity index (χ4v) is 8.63. The van der Waals surface area contributed by atoms with E-state index in [1.165, 1.54) is 205 Å². The summed E-state index contributed by atoms with van der Waals surface area (Å²) in [5, 5.41) is 9.70. The number of carboxylic acids is 1. The van der Waals surface area contributed by atoms with Crippen LogP contribution in [0.5, 0.6) is 0 Å². The lowest BCUT2D eigenvalue weighted by atomic mass is 10.0. The zero-order valence-corrected chi connectivity index (χ0v) is 46.2.